The summed E-state index contributed by atoms with van der Waals surface area (Å²) in [5, 5.41) is 0. The summed E-state index contributed by atoms with van der Waals surface area (Å²) in [5.41, 5.74) is 2.85. The number of nitrogens with zero attached hydrogens (tertiary/aromatic N) is 5. The minimum Gasteiger partial charge on any atom is -0.368 e. The zero-order chi connectivity index (χ0) is 20.2. The lowest BCUT2D eigenvalue weighted by Gasteiger charge is -2.37. The van der Waals surface area contributed by atoms with E-state index in [2.05, 4.69) is 40.0 Å². The molecule has 0 bridgehead atoms. The molecule has 0 unspecified atom stereocenters. The molecule has 1 aliphatic carbocycles. The maximum Gasteiger partial charge on any atom is 0.274 e. The molecular weight excluding hydrogens is 366 g/mol. The summed E-state index contributed by atoms with van der Waals surface area (Å²) in [6, 6.07) is 8.59. The maximum atomic E-state index is 12.8. The lowest BCUT2D eigenvalue weighted by atomic mass is 10.1. The third-order valence-corrected chi connectivity index (χ3v) is 5.69. The Kier molecular flexibility index (Phi) is 5.74. The Bertz CT molecular complexity index is 861. The second kappa shape index (κ2) is 8.59. The van der Waals surface area contributed by atoms with Crippen LogP contribution in [0.15, 0.2) is 42.9 Å². The molecule has 1 saturated heterocycles. The van der Waals surface area contributed by atoms with Crippen LogP contribution in [0.1, 0.15) is 35.3 Å². The summed E-state index contributed by atoms with van der Waals surface area (Å²) >= 11 is 0. The molecule has 2 aliphatic rings. The van der Waals surface area contributed by atoms with E-state index in [1.165, 1.54) is 23.6 Å². The lowest BCUT2D eigenvalue weighted by Crippen LogP contribution is -2.49. The summed E-state index contributed by atoms with van der Waals surface area (Å²) in [6.45, 7) is 5.66. The number of aryl methyl sites for hydroxylation is 1. The smallest absolute Gasteiger partial charge is 0.274 e. The van der Waals surface area contributed by atoms with E-state index in [0.29, 0.717) is 31.7 Å². The summed E-state index contributed by atoms with van der Waals surface area (Å²) in [6.07, 6.45) is 6.91. The van der Waals surface area contributed by atoms with E-state index in [0.717, 1.165) is 25.9 Å². The molecule has 2 amide bonds. The van der Waals surface area contributed by atoms with Crippen molar-refractivity contribution >= 4 is 17.5 Å². The standard InChI is InChI=1S/C22H27N5O2/c1-17-4-2-3-5-20(17)25-12-14-26(15-13-25)21(28)8-11-27(18-6-7-18)22(29)19-16-23-9-10-24-19/h2-5,9-10,16,18H,6-8,11-15H2,1H3. The number of carbonyl (C=O) groups is 2. The van der Waals surface area contributed by atoms with Crippen molar-refractivity contribution in [1.29, 1.82) is 0 Å². The molecule has 2 heterocycles. The Morgan fingerprint density at radius 1 is 1.10 bits per heavy atom. The molecule has 7 nitrogen and oxygen atoms in total. The molecular formula is C22H27N5O2. The van der Waals surface area contributed by atoms with Crippen molar-refractivity contribution in [2.75, 3.05) is 37.6 Å². The van der Waals surface area contributed by atoms with Gasteiger partial charge in [-0.3, -0.25) is 14.6 Å². The topological polar surface area (TPSA) is 69.6 Å². The van der Waals surface area contributed by atoms with Gasteiger partial charge in [0.05, 0.1) is 6.20 Å². The third-order valence-electron chi connectivity index (χ3n) is 5.69. The highest BCUT2D eigenvalue weighted by molar-refractivity contribution is 5.92. The fraction of sp³-hybridized carbons (Fsp3) is 0.455. The molecule has 1 saturated carbocycles. The summed E-state index contributed by atoms with van der Waals surface area (Å²) in [4.78, 5) is 39.7. The zero-order valence-electron chi connectivity index (χ0n) is 16.8. The number of rotatable bonds is 6. The van der Waals surface area contributed by atoms with E-state index >= 15 is 0 Å². The van der Waals surface area contributed by atoms with Gasteiger partial charge in [0.15, 0.2) is 0 Å². The minimum absolute atomic E-state index is 0.118. The van der Waals surface area contributed by atoms with Crippen molar-refractivity contribution in [3.63, 3.8) is 0 Å². The largest absolute Gasteiger partial charge is 0.368 e. The predicted molar refractivity (Wildman–Crippen MR) is 111 cm³/mol. The first-order valence-corrected chi connectivity index (χ1v) is 10.3. The van der Waals surface area contributed by atoms with Crippen LogP contribution in [0.4, 0.5) is 5.69 Å². The number of para-hydroxylation sites is 1. The van der Waals surface area contributed by atoms with Crippen molar-refractivity contribution in [2.24, 2.45) is 0 Å². The SMILES string of the molecule is Cc1ccccc1N1CCN(C(=O)CCN(C(=O)c2cnccn2)C2CC2)CC1. The first-order valence-electron chi connectivity index (χ1n) is 10.3. The van der Waals surface area contributed by atoms with Crippen LogP contribution in [-0.4, -0.2) is 70.3 Å². The number of piperazine rings is 1. The van der Waals surface area contributed by atoms with Gasteiger partial charge < -0.3 is 14.7 Å². The van der Waals surface area contributed by atoms with Gasteiger partial charge in [0.2, 0.25) is 5.91 Å². The van der Waals surface area contributed by atoms with Gasteiger partial charge >= 0.3 is 0 Å². The van der Waals surface area contributed by atoms with Crippen LogP contribution in [-0.2, 0) is 4.79 Å². The van der Waals surface area contributed by atoms with Gasteiger partial charge in [-0.25, -0.2) is 4.98 Å². The molecule has 1 aromatic heterocycles. The van der Waals surface area contributed by atoms with E-state index in [1.54, 1.807) is 11.1 Å². The van der Waals surface area contributed by atoms with Crippen molar-refractivity contribution in [2.45, 2.75) is 32.2 Å². The van der Waals surface area contributed by atoms with Crippen molar-refractivity contribution in [1.82, 2.24) is 19.8 Å². The molecule has 1 aliphatic heterocycles. The third kappa shape index (κ3) is 4.55. The molecule has 152 valence electrons. The van der Waals surface area contributed by atoms with E-state index in [4.69, 9.17) is 0 Å². The van der Waals surface area contributed by atoms with Crippen molar-refractivity contribution in [3.05, 3.63) is 54.1 Å². The highest BCUT2D eigenvalue weighted by Crippen LogP contribution is 2.28. The van der Waals surface area contributed by atoms with Crippen molar-refractivity contribution in [3.8, 4) is 0 Å². The molecule has 0 spiro atoms. The second-order valence-corrected chi connectivity index (χ2v) is 7.72. The first kappa shape index (κ1) is 19.4. The quantitative estimate of drug-likeness (QED) is 0.752. The van der Waals surface area contributed by atoms with Gasteiger partial charge in [0, 0.05) is 63.3 Å². The van der Waals surface area contributed by atoms with Crippen molar-refractivity contribution < 1.29 is 9.59 Å². The molecule has 2 fully saturated rings. The molecule has 0 N–H and O–H groups in total. The minimum atomic E-state index is -0.127. The number of amides is 2. The summed E-state index contributed by atoms with van der Waals surface area (Å²) in [7, 11) is 0. The van der Waals surface area contributed by atoms with Gasteiger partial charge in [0.25, 0.3) is 5.91 Å². The van der Waals surface area contributed by atoms with Crippen LogP contribution in [0.3, 0.4) is 0 Å². The maximum absolute atomic E-state index is 12.8. The fourth-order valence-electron chi connectivity index (χ4n) is 3.88. The molecule has 0 atom stereocenters. The van der Waals surface area contributed by atoms with Crippen LogP contribution >= 0.6 is 0 Å². The Morgan fingerprint density at radius 2 is 1.86 bits per heavy atom. The average molecular weight is 393 g/mol. The van der Waals surface area contributed by atoms with Crippen LogP contribution in [0.2, 0.25) is 0 Å². The molecule has 7 heteroatoms. The van der Waals surface area contributed by atoms with Crippen LogP contribution in [0.25, 0.3) is 0 Å². The van der Waals surface area contributed by atoms with Crippen LogP contribution < -0.4 is 4.90 Å². The van der Waals surface area contributed by atoms with Gasteiger partial charge in [-0.1, -0.05) is 18.2 Å². The Labute approximate surface area is 171 Å². The predicted octanol–water partition coefficient (Wildman–Crippen LogP) is 2.13. The number of carbonyl (C=O) groups excluding carboxylic acids is 2. The fourth-order valence-corrected chi connectivity index (χ4v) is 3.88. The first-order chi connectivity index (χ1) is 14.1. The molecule has 0 radical (unpaired) electrons. The lowest BCUT2D eigenvalue weighted by molar-refractivity contribution is -0.131. The van der Waals surface area contributed by atoms with E-state index < -0.39 is 0 Å². The molecule has 2 aromatic rings. The Morgan fingerprint density at radius 3 is 2.52 bits per heavy atom. The van der Waals surface area contributed by atoms with Gasteiger partial charge in [-0.15, -0.1) is 0 Å². The second-order valence-electron chi connectivity index (χ2n) is 7.72. The summed E-state index contributed by atoms with van der Waals surface area (Å²) < 4.78 is 0. The Hall–Kier alpha value is -2.96. The van der Waals surface area contributed by atoms with Crippen LogP contribution in [0.5, 0.6) is 0 Å². The number of aromatic nitrogens is 2. The Balaban J connectivity index is 1.30. The highest BCUT2D eigenvalue weighted by Gasteiger charge is 2.34. The zero-order valence-corrected chi connectivity index (χ0v) is 16.8. The van der Waals surface area contributed by atoms with Crippen LogP contribution in [0, 0.1) is 6.92 Å². The number of anilines is 1. The van der Waals surface area contributed by atoms with E-state index in [9.17, 15) is 9.59 Å². The summed E-state index contributed by atoms with van der Waals surface area (Å²) in [5.74, 6) is -0.00944. The average Bonchev–Trinajstić information content (AvgIpc) is 3.60. The molecule has 1 aromatic carbocycles. The van der Waals surface area contributed by atoms with Gasteiger partial charge in [0.1, 0.15) is 5.69 Å². The number of benzene rings is 1. The number of hydrogen-bond donors (Lipinski definition) is 0. The molecule has 29 heavy (non-hydrogen) atoms. The van der Waals surface area contributed by atoms with E-state index in [1.807, 2.05) is 11.0 Å². The number of hydrogen-bond acceptors (Lipinski definition) is 5. The van der Waals surface area contributed by atoms with E-state index in [-0.39, 0.29) is 17.9 Å². The molecule has 4 rings (SSSR count). The monoisotopic (exact) mass is 393 g/mol. The van der Waals surface area contributed by atoms with Gasteiger partial charge in [-0.05, 0) is 31.4 Å². The van der Waals surface area contributed by atoms with Gasteiger partial charge in [-0.2, -0.15) is 0 Å². The highest BCUT2D eigenvalue weighted by atomic mass is 16.2. The normalized spacial score (nSPS) is 16.6.